The van der Waals surface area contributed by atoms with Crippen molar-refractivity contribution in [2.45, 2.75) is 0 Å². The van der Waals surface area contributed by atoms with E-state index in [0.29, 0.717) is 11.6 Å². The second-order valence-corrected chi connectivity index (χ2v) is 2.78. The highest BCUT2D eigenvalue weighted by molar-refractivity contribution is 5.55. The zero-order valence-corrected chi connectivity index (χ0v) is 8.01. The molecule has 4 nitrogen and oxygen atoms in total. The molecule has 0 bridgehead atoms. The molecule has 2 heterocycles. The molecule has 0 N–H and O–H groups in total. The van der Waals surface area contributed by atoms with E-state index >= 15 is 0 Å². The van der Waals surface area contributed by atoms with E-state index in [9.17, 15) is 4.39 Å². The molecule has 0 unspecified atom stereocenters. The average molecular weight is 205 g/mol. The highest BCUT2D eigenvalue weighted by Crippen LogP contribution is 2.19. The number of nitrogens with zero attached hydrogens (tertiary/aromatic N) is 3. The Morgan fingerprint density at radius 1 is 1.27 bits per heavy atom. The molecule has 0 amide bonds. The van der Waals surface area contributed by atoms with Gasteiger partial charge in [-0.1, -0.05) is 0 Å². The minimum Gasteiger partial charge on any atom is -0.481 e. The lowest BCUT2D eigenvalue weighted by atomic mass is 10.2. The lowest BCUT2D eigenvalue weighted by Gasteiger charge is -2.02. The van der Waals surface area contributed by atoms with Crippen LogP contribution in [0.25, 0.3) is 11.4 Å². The molecule has 5 heteroatoms. The van der Waals surface area contributed by atoms with Crippen molar-refractivity contribution in [2.75, 3.05) is 7.11 Å². The summed E-state index contributed by atoms with van der Waals surface area (Å²) in [7, 11) is 1.49. The van der Waals surface area contributed by atoms with E-state index in [1.54, 1.807) is 0 Å². The van der Waals surface area contributed by atoms with Crippen LogP contribution >= 0.6 is 0 Å². The third-order valence-electron chi connectivity index (χ3n) is 1.85. The highest BCUT2D eigenvalue weighted by atomic mass is 19.1. The molecule has 0 radical (unpaired) electrons. The van der Waals surface area contributed by atoms with Gasteiger partial charge in [0, 0.05) is 12.3 Å². The third-order valence-corrected chi connectivity index (χ3v) is 1.85. The Bertz CT molecular complexity index is 476. The van der Waals surface area contributed by atoms with Crippen molar-refractivity contribution >= 4 is 0 Å². The van der Waals surface area contributed by atoms with Crippen molar-refractivity contribution in [3.63, 3.8) is 0 Å². The van der Waals surface area contributed by atoms with E-state index in [1.807, 2.05) is 0 Å². The Hall–Kier alpha value is -2.04. The van der Waals surface area contributed by atoms with E-state index < -0.39 is 5.82 Å². The Balaban J connectivity index is 2.49. The number of ether oxygens (including phenoxy) is 1. The molecule has 76 valence electrons. The largest absolute Gasteiger partial charge is 0.481 e. The van der Waals surface area contributed by atoms with Crippen LogP contribution in [0, 0.1) is 5.82 Å². The van der Waals surface area contributed by atoms with Crippen molar-refractivity contribution in [1.29, 1.82) is 0 Å². The summed E-state index contributed by atoms with van der Waals surface area (Å²) in [5, 5.41) is 0. The first kappa shape index (κ1) is 9.51. The zero-order valence-electron chi connectivity index (χ0n) is 8.01. The smallest absolute Gasteiger partial charge is 0.216 e. The van der Waals surface area contributed by atoms with Gasteiger partial charge in [-0.2, -0.15) is 0 Å². The fraction of sp³-hybridized carbons (Fsp3) is 0.100. The van der Waals surface area contributed by atoms with Crippen LogP contribution in [-0.2, 0) is 0 Å². The minimum absolute atomic E-state index is 0.193. The topological polar surface area (TPSA) is 47.9 Å². The predicted molar refractivity (Wildman–Crippen MR) is 51.8 cm³/mol. The Morgan fingerprint density at radius 2 is 2.13 bits per heavy atom. The van der Waals surface area contributed by atoms with Crippen LogP contribution in [0.15, 0.2) is 30.7 Å². The summed E-state index contributed by atoms with van der Waals surface area (Å²) in [6.45, 7) is 0. The molecular formula is C10H8FN3O. The second kappa shape index (κ2) is 4.00. The standard InChI is InChI=1S/C10H8FN3O/c1-15-9-5-8(13-6-14-9)10-7(11)3-2-4-12-10/h2-6H,1H3. The number of hydrogen-bond donors (Lipinski definition) is 0. The van der Waals surface area contributed by atoms with Crippen LogP contribution in [0.2, 0.25) is 0 Å². The summed E-state index contributed by atoms with van der Waals surface area (Å²) in [4.78, 5) is 11.7. The quantitative estimate of drug-likeness (QED) is 0.748. The first-order valence-electron chi connectivity index (χ1n) is 4.28. The van der Waals surface area contributed by atoms with Crippen molar-refractivity contribution < 1.29 is 9.13 Å². The first-order valence-corrected chi connectivity index (χ1v) is 4.28. The zero-order chi connectivity index (χ0) is 10.7. The maximum absolute atomic E-state index is 13.3. The fourth-order valence-corrected chi connectivity index (χ4v) is 1.15. The van der Waals surface area contributed by atoms with Gasteiger partial charge >= 0.3 is 0 Å². The van der Waals surface area contributed by atoms with Gasteiger partial charge in [0.1, 0.15) is 12.0 Å². The summed E-state index contributed by atoms with van der Waals surface area (Å²) in [5.74, 6) is -0.0386. The van der Waals surface area contributed by atoms with Crippen LogP contribution in [0.5, 0.6) is 5.88 Å². The monoisotopic (exact) mass is 205 g/mol. The van der Waals surface area contributed by atoms with Crippen LogP contribution in [0.1, 0.15) is 0 Å². The number of rotatable bonds is 2. The summed E-state index contributed by atoms with van der Waals surface area (Å²) < 4.78 is 18.3. The maximum Gasteiger partial charge on any atom is 0.216 e. The summed E-state index contributed by atoms with van der Waals surface area (Å²) in [5.41, 5.74) is 0.596. The number of methoxy groups -OCH3 is 1. The van der Waals surface area contributed by atoms with Gasteiger partial charge in [0.25, 0.3) is 0 Å². The van der Waals surface area contributed by atoms with Crippen molar-refractivity contribution in [3.8, 4) is 17.3 Å². The maximum atomic E-state index is 13.3. The molecule has 2 aromatic rings. The Kier molecular flexibility index (Phi) is 2.53. The molecular weight excluding hydrogens is 197 g/mol. The van der Waals surface area contributed by atoms with E-state index in [-0.39, 0.29) is 5.69 Å². The van der Waals surface area contributed by atoms with Crippen molar-refractivity contribution in [3.05, 3.63) is 36.5 Å². The highest BCUT2D eigenvalue weighted by Gasteiger charge is 2.08. The summed E-state index contributed by atoms with van der Waals surface area (Å²) in [6, 6.07) is 4.39. The van der Waals surface area contributed by atoms with Gasteiger partial charge in [-0.3, -0.25) is 4.98 Å². The van der Waals surface area contributed by atoms with Gasteiger partial charge < -0.3 is 4.74 Å². The molecule has 0 saturated heterocycles. The number of hydrogen-bond acceptors (Lipinski definition) is 4. The Morgan fingerprint density at radius 3 is 2.87 bits per heavy atom. The average Bonchev–Trinajstić information content (AvgIpc) is 2.30. The Labute approximate surface area is 85.8 Å². The number of halogens is 1. The lowest BCUT2D eigenvalue weighted by molar-refractivity contribution is 0.397. The molecule has 0 spiro atoms. The molecule has 0 aliphatic carbocycles. The number of aromatic nitrogens is 3. The molecule has 0 atom stereocenters. The minimum atomic E-state index is -0.418. The molecule has 2 rings (SSSR count). The van der Waals surface area contributed by atoms with Gasteiger partial charge in [0.05, 0.1) is 12.8 Å². The van der Waals surface area contributed by atoms with E-state index in [2.05, 4.69) is 15.0 Å². The molecule has 15 heavy (non-hydrogen) atoms. The summed E-state index contributed by atoms with van der Waals surface area (Å²) >= 11 is 0. The van der Waals surface area contributed by atoms with E-state index in [0.717, 1.165) is 0 Å². The third kappa shape index (κ3) is 1.90. The van der Waals surface area contributed by atoms with Gasteiger partial charge in [-0.05, 0) is 12.1 Å². The molecule has 0 saturated carbocycles. The molecule has 2 aromatic heterocycles. The first-order chi connectivity index (χ1) is 7.31. The molecule has 0 aliphatic heterocycles. The molecule has 0 aromatic carbocycles. The van der Waals surface area contributed by atoms with Crippen LogP contribution in [0.3, 0.4) is 0 Å². The molecule has 0 aliphatic rings. The van der Waals surface area contributed by atoms with Crippen LogP contribution in [0.4, 0.5) is 4.39 Å². The van der Waals surface area contributed by atoms with Gasteiger partial charge in [-0.15, -0.1) is 0 Å². The number of pyridine rings is 1. The van der Waals surface area contributed by atoms with Crippen LogP contribution in [-0.4, -0.2) is 22.1 Å². The fourth-order valence-electron chi connectivity index (χ4n) is 1.15. The predicted octanol–water partition coefficient (Wildman–Crippen LogP) is 1.69. The lowest BCUT2D eigenvalue weighted by Crippen LogP contribution is -1.94. The van der Waals surface area contributed by atoms with Crippen LogP contribution < -0.4 is 4.74 Å². The molecule has 0 fully saturated rings. The van der Waals surface area contributed by atoms with Crippen molar-refractivity contribution in [1.82, 2.24) is 15.0 Å². The van der Waals surface area contributed by atoms with E-state index in [1.165, 1.54) is 37.8 Å². The van der Waals surface area contributed by atoms with Crippen molar-refractivity contribution in [2.24, 2.45) is 0 Å². The van der Waals surface area contributed by atoms with Gasteiger partial charge in [0.2, 0.25) is 5.88 Å². The summed E-state index contributed by atoms with van der Waals surface area (Å²) in [6.07, 6.45) is 2.81. The van der Waals surface area contributed by atoms with E-state index in [4.69, 9.17) is 4.74 Å². The normalized spacial score (nSPS) is 10.0. The van der Waals surface area contributed by atoms with Gasteiger partial charge in [-0.25, -0.2) is 14.4 Å². The second-order valence-electron chi connectivity index (χ2n) is 2.78. The van der Waals surface area contributed by atoms with Gasteiger partial charge in [0.15, 0.2) is 5.82 Å². The SMILES string of the molecule is COc1cc(-c2ncccc2F)ncn1.